The van der Waals surface area contributed by atoms with Crippen molar-refractivity contribution in [3.05, 3.63) is 0 Å². The van der Waals surface area contributed by atoms with Gasteiger partial charge in [0.1, 0.15) is 19.6 Å². The zero-order valence-electron chi connectivity index (χ0n) is 9.87. The molecule has 6 nitrogen and oxygen atoms in total. The first-order chi connectivity index (χ1) is 8.78. The Labute approximate surface area is 106 Å². The predicted octanol–water partition coefficient (Wildman–Crippen LogP) is 0.0915. The molecule has 1 heterocycles. The fourth-order valence-electron chi connectivity index (χ4n) is 1.79. The number of rotatable bonds is 4. The third kappa shape index (κ3) is 3.36. The van der Waals surface area contributed by atoms with E-state index in [1.807, 2.05) is 0 Å². The molecule has 9 heteroatoms. The molecule has 106 valence electrons. The molecule has 0 aromatic heterocycles. The molecule has 1 N–H and O–H groups in total. The summed E-state index contributed by atoms with van der Waals surface area (Å²) in [6.07, 6.45) is -2.89. The first kappa shape index (κ1) is 13.6. The van der Waals surface area contributed by atoms with E-state index >= 15 is 0 Å². The van der Waals surface area contributed by atoms with E-state index in [2.05, 4.69) is 0 Å². The molecule has 1 saturated carbocycles. The minimum absolute atomic E-state index is 0.0275. The van der Waals surface area contributed by atoms with Gasteiger partial charge in [0.15, 0.2) is 0 Å². The lowest BCUT2D eigenvalue weighted by molar-refractivity contribution is -0.140. The summed E-state index contributed by atoms with van der Waals surface area (Å²) in [4.78, 5) is 36.6. The van der Waals surface area contributed by atoms with E-state index in [9.17, 15) is 27.6 Å². The Bertz CT molecular complexity index is 420. The second-order valence-electron chi connectivity index (χ2n) is 4.51. The van der Waals surface area contributed by atoms with E-state index in [1.165, 1.54) is 4.90 Å². The molecule has 0 bridgehead atoms. The maximum absolute atomic E-state index is 11.9. The molecule has 1 aliphatic carbocycles. The van der Waals surface area contributed by atoms with Crippen molar-refractivity contribution in [2.24, 2.45) is 0 Å². The first-order valence-electron chi connectivity index (χ1n) is 5.72. The zero-order chi connectivity index (χ0) is 14.2. The topological polar surface area (TPSA) is 69.7 Å². The number of hydrogen-bond acceptors (Lipinski definition) is 3. The second kappa shape index (κ2) is 4.71. The molecule has 0 spiro atoms. The molecule has 0 radical (unpaired) electrons. The molecule has 0 aromatic rings. The molecule has 1 saturated heterocycles. The van der Waals surface area contributed by atoms with Gasteiger partial charge < -0.3 is 10.2 Å². The van der Waals surface area contributed by atoms with Crippen LogP contribution in [0.5, 0.6) is 0 Å². The zero-order valence-corrected chi connectivity index (χ0v) is 9.87. The van der Waals surface area contributed by atoms with Crippen LogP contribution in [0.4, 0.5) is 18.0 Å². The smallest absolute Gasteiger partial charge is 0.345 e. The summed E-state index contributed by atoms with van der Waals surface area (Å²) in [5, 5.41) is 1.62. The van der Waals surface area contributed by atoms with Gasteiger partial charge >= 0.3 is 12.2 Å². The number of imide groups is 1. The molecular formula is C10H12F3N3O3. The van der Waals surface area contributed by atoms with Crippen LogP contribution in [0.1, 0.15) is 12.8 Å². The number of carbonyl (C=O) groups is 3. The molecule has 0 aromatic carbocycles. The maximum Gasteiger partial charge on any atom is 0.405 e. The number of nitrogens with zero attached hydrogens (tertiary/aromatic N) is 2. The van der Waals surface area contributed by atoms with Crippen molar-refractivity contribution in [2.45, 2.75) is 25.1 Å². The van der Waals surface area contributed by atoms with Crippen molar-refractivity contribution in [1.82, 2.24) is 15.1 Å². The van der Waals surface area contributed by atoms with E-state index in [0.717, 1.165) is 12.8 Å². The van der Waals surface area contributed by atoms with Crippen LogP contribution in [0.2, 0.25) is 0 Å². The highest BCUT2D eigenvalue weighted by Crippen LogP contribution is 2.30. The Balaban J connectivity index is 1.86. The summed E-state index contributed by atoms with van der Waals surface area (Å²) in [7, 11) is 0. The molecule has 1 aliphatic heterocycles. The lowest BCUT2D eigenvalue weighted by atomic mass is 10.4. The fraction of sp³-hybridized carbons (Fsp3) is 0.700. The monoisotopic (exact) mass is 279 g/mol. The number of halogens is 3. The standard InChI is InChI=1S/C10H12F3N3O3/c11-10(12,13)5-14-7(17)3-16-8(18)4-15(9(16)19)6-1-2-6/h6H,1-5H2,(H,14,17). The van der Waals surface area contributed by atoms with Crippen LogP contribution in [0.15, 0.2) is 0 Å². The van der Waals surface area contributed by atoms with Crippen LogP contribution in [0.25, 0.3) is 0 Å². The van der Waals surface area contributed by atoms with Gasteiger partial charge in [-0.05, 0) is 12.8 Å². The molecule has 2 aliphatic rings. The van der Waals surface area contributed by atoms with Gasteiger partial charge in [-0.15, -0.1) is 0 Å². The number of carbonyl (C=O) groups excluding carboxylic acids is 3. The van der Waals surface area contributed by atoms with Gasteiger partial charge in [0.25, 0.3) is 5.91 Å². The van der Waals surface area contributed by atoms with E-state index in [4.69, 9.17) is 0 Å². The molecule has 0 atom stereocenters. The highest BCUT2D eigenvalue weighted by atomic mass is 19.4. The third-order valence-electron chi connectivity index (χ3n) is 2.86. The second-order valence-corrected chi connectivity index (χ2v) is 4.51. The van der Waals surface area contributed by atoms with Crippen molar-refractivity contribution in [2.75, 3.05) is 19.6 Å². The quantitative estimate of drug-likeness (QED) is 0.742. The van der Waals surface area contributed by atoms with Gasteiger partial charge in [0, 0.05) is 6.04 Å². The number of hydrogen-bond donors (Lipinski definition) is 1. The Morgan fingerprint density at radius 3 is 2.47 bits per heavy atom. The van der Waals surface area contributed by atoms with Gasteiger partial charge in [-0.2, -0.15) is 13.2 Å². The van der Waals surface area contributed by atoms with E-state index < -0.39 is 37.1 Å². The first-order valence-corrected chi connectivity index (χ1v) is 5.72. The van der Waals surface area contributed by atoms with Crippen LogP contribution in [0, 0.1) is 0 Å². The maximum atomic E-state index is 11.9. The summed E-state index contributed by atoms with van der Waals surface area (Å²) in [5.74, 6) is -1.56. The van der Waals surface area contributed by atoms with Crippen LogP contribution < -0.4 is 5.32 Å². The average molecular weight is 279 g/mol. The Morgan fingerprint density at radius 1 is 1.32 bits per heavy atom. The average Bonchev–Trinajstić information content (AvgIpc) is 3.08. The van der Waals surface area contributed by atoms with Crippen molar-refractivity contribution in [1.29, 1.82) is 0 Å². The summed E-state index contributed by atoms with van der Waals surface area (Å²) < 4.78 is 35.7. The van der Waals surface area contributed by atoms with Crippen LogP contribution >= 0.6 is 0 Å². The molecule has 4 amide bonds. The molecular weight excluding hydrogens is 267 g/mol. The lowest BCUT2D eigenvalue weighted by Crippen LogP contribution is -2.44. The summed E-state index contributed by atoms with van der Waals surface area (Å²) in [6, 6.07) is -0.575. The number of urea groups is 1. The Kier molecular flexibility index (Phi) is 3.38. The highest BCUT2D eigenvalue weighted by Gasteiger charge is 2.44. The van der Waals surface area contributed by atoms with Gasteiger partial charge in [-0.1, -0.05) is 0 Å². The normalized spacial score (nSPS) is 20.2. The van der Waals surface area contributed by atoms with Crippen molar-refractivity contribution < 1.29 is 27.6 Å². The largest absolute Gasteiger partial charge is 0.405 e. The number of nitrogens with one attached hydrogen (secondary N) is 1. The lowest BCUT2D eigenvalue weighted by Gasteiger charge is -2.16. The van der Waals surface area contributed by atoms with Gasteiger partial charge in [0.2, 0.25) is 5.91 Å². The molecule has 0 unspecified atom stereocenters. The minimum Gasteiger partial charge on any atom is -0.345 e. The van der Waals surface area contributed by atoms with Crippen molar-refractivity contribution in [3.63, 3.8) is 0 Å². The molecule has 2 rings (SSSR count). The molecule has 2 fully saturated rings. The van der Waals surface area contributed by atoms with Crippen LogP contribution in [-0.2, 0) is 9.59 Å². The van der Waals surface area contributed by atoms with Crippen LogP contribution in [-0.4, -0.2) is 59.5 Å². The Morgan fingerprint density at radius 2 is 1.95 bits per heavy atom. The minimum atomic E-state index is -4.52. The number of alkyl halides is 3. The van der Waals surface area contributed by atoms with Crippen LogP contribution in [0.3, 0.4) is 0 Å². The highest BCUT2D eigenvalue weighted by molar-refractivity contribution is 6.04. The predicted molar refractivity (Wildman–Crippen MR) is 55.9 cm³/mol. The summed E-state index contributed by atoms with van der Waals surface area (Å²) in [6.45, 7) is -2.25. The van der Waals surface area contributed by atoms with Crippen molar-refractivity contribution >= 4 is 17.8 Å². The third-order valence-corrected chi connectivity index (χ3v) is 2.86. The van der Waals surface area contributed by atoms with E-state index in [0.29, 0.717) is 4.90 Å². The van der Waals surface area contributed by atoms with Crippen molar-refractivity contribution in [3.8, 4) is 0 Å². The van der Waals surface area contributed by atoms with Gasteiger partial charge in [-0.25, -0.2) is 4.79 Å². The number of amides is 4. The summed E-state index contributed by atoms with van der Waals surface area (Å²) >= 11 is 0. The van der Waals surface area contributed by atoms with E-state index in [1.54, 1.807) is 5.32 Å². The van der Waals surface area contributed by atoms with Gasteiger partial charge in [0.05, 0.1) is 0 Å². The van der Waals surface area contributed by atoms with Gasteiger partial charge in [-0.3, -0.25) is 14.5 Å². The fourth-order valence-corrected chi connectivity index (χ4v) is 1.79. The Hall–Kier alpha value is -1.80. The SMILES string of the molecule is O=C(CN1C(=O)CN(C2CC2)C1=O)NCC(F)(F)F. The summed E-state index contributed by atoms with van der Waals surface area (Å²) in [5.41, 5.74) is 0. The molecule has 19 heavy (non-hydrogen) atoms. The van der Waals surface area contributed by atoms with E-state index in [-0.39, 0.29) is 12.6 Å².